The number of aryl methyl sites for hydroxylation is 1. The zero-order valence-electron chi connectivity index (χ0n) is 19.9. The molecular formula is C27H19F4N5O. The number of fused-ring (bicyclic) bond motifs is 3. The number of halogens is 4. The lowest BCUT2D eigenvalue weighted by Crippen LogP contribution is -2.21. The van der Waals surface area contributed by atoms with Crippen molar-refractivity contribution in [2.45, 2.75) is 25.4 Å². The molecule has 3 aromatic heterocycles. The number of hydrogen-bond donors (Lipinski definition) is 0. The van der Waals surface area contributed by atoms with Crippen LogP contribution in [0.3, 0.4) is 0 Å². The van der Waals surface area contributed by atoms with Crippen LogP contribution in [-0.2, 0) is 18.6 Å². The van der Waals surface area contributed by atoms with Gasteiger partial charge in [0.15, 0.2) is 0 Å². The standard InChI is InChI=1S/C27H19F4N5O/c1-26(2,14-32)23-9-6-17(12-34-23)36-24-19-10-15(18-11-16(27(29,30)31)5-7-20(18)28)4-8-21(19)33-13-22(24)35(3)25(36)37/h4-13H,1-3H3. The molecule has 5 rings (SSSR count). The summed E-state index contributed by atoms with van der Waals surface area (Å²) in [4.78, 5) is 22.0. The number of alkyl halides is 3. The van der Waals surface area contributed by atoms with Gasteiger partial charge in [-0.25, -0.2) is 9.18 Å². The van der Waals surface area contributed by atoms with E-state index in [1.54, 1.807) is 39.1 Å². The van der Waals surface area contributed by atoms with Crippen LogP contribution in [0.1, 0.15) is 25.1 Å². The van der Waals surface area contributed by atoms with Gasteiger partial charge in [-0.1, -0.05) is 6.07 Å². The highest BCUT2D eigenvalue weighted by Gasteiger charge is 2.31. The van der Waals surface area contributed by atoms with E-state index in [9.17, 15) is 27.6 Å². The van der Waals surface area contributed by atoms with Gasteiger partial charge in [0.1, 0.15) is 5.82 Å². The maximum atomic E-state index is 14.7. The SMILES string of the molecule is Cn1c(=O)n(-c2ccc(C(C)(C)C#N)nc2)c2c3cc(-c4cc(C(F)(F)F)ccc4F)ccc3ncc21. The van der Waals surface area contributed by atoms with E-state index in [1.807, 2.05) is 0 Å². The molecule has 0 aliphatic carbocycles. The molecule has 0 spiro atoms. The van der Waals surface area contributed by atoms with Crippen LogP contribution in [0.4, 0.5) is 17.6 Å². The van der Waals surface area contributed by atoms with E-state index in [1.165, 1.54) is 33.7 Å². The lowest BCUT2D eigenvalue weighted by molar-refractivity contribution is -0.137. The predicted molar refractivity (Wildman–Crippen MR) is 131 cm³/mol. The Hall–Kier alpha value is -4.52. The molecule has 0 amide bonds. The topological polar surface area (TPSA) is 76.5 Å². The van der Waals surface area contributed by atoms with E-state index in [2.05, 4.69) is 16.0 Å². The summed E-state index contributed by atoms with van der Waals surface area (Å²) >= 11 is 0. The van der Waals surface area contributed by atoms with Crippen molar-refractivity contribution in [3.8, 4) is 22.9 Å². The average molecular weight is 505 g/mol. The molecule has 0 saturated carbocycles. The van der Waals surface area contributed by atoms with Crippen LogP contribution in [0, 0.1) is 17.1 Å². The smallest absolute Gasteiger partial charge is 0.293 e. The first-order valence-electron chi connectivity index (χ1n) is 11.2. The fourth-order valence-corrected chi connectivity index (χ4v) is 4.27. The monoisotopic (exact) mass is 505 g/mol. The first-order valence-corrected chi connectivity index (χ1v) is 11.2. The molecule has 6 nitrogen and oxygen atoms in total. The molecule has 3 heterocycles. The van der Waals surface area contributed by atoms with Gasteiger partial charge in [0.05, 0.1) is 57.4 Å². The van der Waals surface area contributed by atoms with Crippen molar-refractivity contribution in [3.05, 3.63) is 88.5 Å². The molecular weight excluding hydrogens is 486 g/mol. The van der Waals surface area contributed by atoms with Crippen LogP contribution in [-0.4, -0.2) is 19.1 Å². The van der Waals surface area contributed by atoms with Crippen molar-refractivity contribution in [1.29, 1.82) is 5.26 Å². The Morgan fingerprint density at radius 1 is 0.973 bits per heavy atom. The molecule has 37 heavy (non-hydrogen) atoms. The number of pyridine rings is 2. The van der Waals surface area contributed by atoms with E-state index >= 15 is 0 Å². The summed E-state index contributed by atoms with van der Waals surface area (Å²) in [6.07, 6.45) is -1.62. The quantitative estimate of drug-likeness (QED) is 0.286. The Labute approximate surface area is 208 Å². The lowest BCUT2D eigenvalue weighted by Gasteiger charge is -2.15. The molecule has 5 aromatic rings. The summed E-state index contributed by atoms with van der Waals surface area (Å²) in [6.45, 7) is 3.46. The highest BCUT2D eigenvalue weighted by atomic mass is 19.4. The second-order valence-corrected chi connectivity index (χ2v) is 9.23. The normalized spacial score (nSPS) is 12.3. The van der Waals surface area contributed by atoms with E-state index in [4.69, 9.17) is 0 Å². The van der Waals surface area contributed by atoms with Crippen LogP contribution < -0.4 is 5.69 Å². The lowest BCUT2D eigenvalue weighted by atomic mass is 9.91. The van der Waals surface area contributed by atoms with Crippen molar-refractivity contribution in [3.63, 3.8) is 0 Å². The zero-order valence-corrected chi connectivity index (χ0v) is 19.9. The fraction of sp³-hybridized carbons (Fsp3) is 0.185. The number of benzene rings is 2. The molecule has 0 atom stereocenters. The predicted octanol–water partition coefficient (Wildman–Crippen LogP) is 5.90. The summed E-state index contributed by atoms with van der Waals surface area (Å²) in [5, 5.41) is 9.85. The Morgan fingerprint density at radius 2 is 1.73 bits per heavy atom. The molecule has 0 bridgehead atoms. The largest absolute Gasteiger partial charge is 0.416 e. The summed E-state index contributed by atoms with van der Waals surface area (Å²) in [5.74, 6) is -0.808. The molecule has 0 aliphatic rings. The molecule has 10 heteroatoms. The molecule has 0 radical (unpaired) electrons. The molecule has 2 aromatic carbocycles. The highest BCUT2D eigenvalue weighted by Crippen LogP contribution is 2.35. The molecule has 0 fully saturated rings. The third kappa shape index (κ3) is 3.93. The van der Waals surface area contributed by atoms with Crippen LogP contribution >= 0.6 is 0 Å². The first-order chi connectivity index (χ1) is 17.4. The third-order valence-corrected chi connectivity index (χ3v) is 6.41. The van der Waals surface area contributed by atoms with Crippen molar-refractivity contribution < 1.29 is 17.6 Å². The van der Waals surface area contributed by atoms with Crippen LogP contribution in [0.5, 0.6) is 0 Å². The number of nitrogens with zero attached hydrogens (tertiary/aromatic N) is 5. The first kappa shape index (κ1) is 24.2. The summed E-state index contributed by atoms with van der Waals surface area (Å²) in [6, 6.07) is 12.4. The van der Waals surface area contributed by atoms with Crippen LogP contribution in [0.15, 0.2) is 65.7 Å². The van der Waals surface area contributed by atoms with Crippen LogP contribution in [0.25, 0.3) is 38.8 Å². The number of hydrogen-bond acceptors (Lipinski definition) is 4. The van der Waals surface area contributed by atoms with Gasteiger partial charge in [0, 0.05) is 18.0 Å². The Morgan fingerprint density at radius 3 is 2.38 bits per heavy atom. The van der Waals surface area contributed by atoms with Gasteiger partial charge in [-0.2, -0.15) is 18.4 Å². The molecule has 0 aliphatic heterocycles. The van der Waals surface area contributed by atoms with Gasteiger partial charge in [-0.05, 0) is 61.9 Å². The second-order valence-electron chi connectivity index (χ2n) is 9.23. The van der Waals surface area contributed by atoms with E-state index in [0.29, 0.717) is 39.4 Å². The Balaban J connectivity index is 1.78. The van der Waals surface area contributed by atoms with Gasteiger partial charge >= 0.3 is 11.9 Å². The van der Waals surface area contributed by atoms with Crippen molar-refractivity contribution in [1.82, 2.24) is 19.1 Å². The van der Waals surface area contributed by atoms with Crippen LogP contribution in [0.2, 0.25) is 0 Å². The van der Waals surface area contributed by atoms with Crippen molar-refractivity contribution in [2.24, 2.45) is 7.05 Å². The second kappa shape index (κ2) is 8.27. The zero-order chi connectivity index (χ0) is 26.7. The van der Waals surface area contributed by atoms with Crippen molar-refractivity contribution in [2.75, 3.05) is 0 Å². The number of aromatic nitrogens is 4. The third-order valence-electron chi connectivity index (χ3n) is 6.41. The summed E-state index contributed by atoms with van der Waals surface area (Å²) in [5.41, 5.74) is 0.137. The van der Waals surface area contributed by atoms with Gasteiger partial charge in [0.25, 0.3) is 0 Å². The fourth-order valence-electron chi connectivity index (χ4n) is 4.27. The molecule has 186 valence electrons. The van der Waals surface area contributed by atoms with Gasteiger partial charge in [-0.3, -0.25) is 19.1 Å². The van der Waals surface area contributed by atoms with Crippen molar-refractivity contribution >= 4 is 21.9 Å². The minimum absolute atomic E-state index is 0.206. The molecule has 0 N–H and O–H groups in total. The number of imidazole rings is 1. The minimum Gasteiger partial charge on any atom is -0.293 e. The summed E-state index contributed by atoms with van der Waals surface area (Å²) in [7, 11) is 1.57. The number of nitriles is 1. The van der Waals surface area contributed by atoms with Gasteiger partial charge < -0.3 is 0 Å². The Kier molecular flexibility index (Phi) is 5.40. The van der Waals surface area contributed by atoms with E-state index in [-0.39, 0.29) is 11.1 Å². The number of rotatable bonds is 3. The highest BCUT2D eigenvalue weighted by molar-refractivity contribution is 6.04. The van der Waals surface area contributed by atoms with Gasteiger partial charge in [0.2, 0.25) is 0 Å². The van der Waals surface area contributed by atoms with Gasteiger partial charge in [-0.15, -0.1) is 0 Å². The maximum Gasteiger partial charge on any atom is 0.416 e. The van der Waals surface area contributed by atoms with E-state index in [0.717, 1.165) is 12.1 Å². The summed E-state index contributed by atoms with van der Waals surface area (Å²) < 4.78 is 57.4. The Bertz CT molecular complexity index is 1790. The molecule has 0 saturated heterocycles. The average Bonchev–Trinajstić information content (AvgIpc) is 3.13. The minimum atomic E-state index is -4.63. The molecule has 0 unspecified atom stereocenters. The maximum absolute atomic E-state index is 14.7. The van der Waals surface area contributed by atoms with E-state index < -0.39 is 28.7 Å².